The van der Waals surface area contributed by atoms with Crippen LogP contribution in [-0.2, 0) is 17.8 Å². The van der Waals surface area contributed by atoms with E-state index in [1.807, 2.05) is 60.7 Å². The topological polar surface area (TPSA) is 83.7 Å². The zero-order valence-electron chi connectivity index (χ0n) is 16.6. The van der Waals surface area contributed by atoms with Gasteiger partial charge in [0.25, 0.3) is 5.69 Å². The van der Waals surface area contributed by atoms with E-state index in [0.717, 1.165) is 17.5 Å². The van der Waals surface area contributed by atoms with Crippen molar-refractivity contribution >= 4 is 11.7 Å². The largest absolute Gasteiger partial charge is 0.481 e. The number of non-ortho nitro benzene ring substituents is 1. The minimum Gasteiger partial charge on any atom is -0.481 e. The van der Waals surface area contributed by atoms with Gasteiger partial charge >= 0.3 is 5.97 Å². The van der Waals surface area contributed by atoms with Crippen molar-refractivity contribution in [1.82, 2.24) is 4.90 Å². The van der Waals surface area contributed by atoms with Crippen LogP contribution in [-0.4, -0.2) is 27.4 Å². The van der Waals surface area contributed by atoms with E-state index in [9.17, 15) is 20.0 Å². The summed E-state index contributed by atoms with van der Waals surface area (Å²) in [4.78, 5) is 24.6. The van der Waals surface area contributed by atoms with Gasteiger partial charge in [0.2, 0.25) is 0 Å². The summed E-state index contributed by atoms with van der Waals surface area (Å²) in [6.45, 7) is 1.17. The zero-order valence-corrected chi connectivity index (χ0v) is 16.6. The Morgan fingerprint density at radius 3 is 2.17 bits per heavy atom. The Labute approximate surface area is 175 Å². The monoisotopic (exact) mass is 404 g/mol. The molecule has 154 valence electrons. The molecule has 0 saturated heterocycles. The molecule has 1 atom stereocenters. The number of hydrogen-bond donors (Lipinski definition) is 1. The summed E-state index contributed by atoms with van der Waals surface area (Å²) in [6, 6.07) is 25.6. The molecular formula is C24H24N2O4. The molecule has 3 aromatic carbocycles. The van der Waals surface area contributed by atoms with Crippen LogP contribution < -0.4 is 0 Å². The van der Waals surface area contributed by atoms with E-state index >= 15 is 0 Å². The third-order valence-electron chi connectivity index (χ3n) is 5.03. The lowest BCUT2D eigenvalue weighted by Crippen LogP contribution is -2.32. The second-order valence-electron chi connectivity index (χ2n) is 7.16. The van der Waals surface area contributed by atoms with Crippen LogP contribution in [0.2, 0.25) is 0 Å². The lowest BCUT2D eigenvalue weighted by atomic mass is 9.99. The van der Waals surface area contributed by atoms with Crippen molar-refractivity contribution in [2.45, 2.75) is 25.4 Å². The average molecular weight is 404 g/mol. The number of carbonyl (C=O) groups is 1. The van der Waals surface area contributed by atoms with Crippen molar-refractivity contribution in [3.63, 3.8) is 0 Å². The van der Waals surface area contributed by atoms with Crippen LogP contribution in [0.15, 0.2) is 84.9 Å². The molecule has 3 aromatic rings. The molecule has 3 rings (SSSR count). The molecule has 30 heavy (non-hydrogen) atoms. The summed E-state index contributed by atoms with van der Waals surface area (Å²) in [5.41, 5.74) is 2.82. The molecule has 0 aromatic heterocycles. The van der Waals surface area contributed by atoms with Crippen molar-refractivity contribution in [3.05, 3.63) is 112 Å². The maximum absolute atomic E-state index is 11.7. The van der Waals surface area contributed by atoms with Crippen molar-refractivity contribution in [1.29, 1.82) is 0 Å². The molecule has 6 heteroatoms. The summed E-state index contributed by atoms with van der Waals surface area (Å²) in [5.74, 6) is -0.940. The van der Waals surface area contributed by atoms with Gasteiger partial charge in [-0.3, -0.25) is 19.8 Å². The van der Waals surface area contributed by atoms with Gasteiger partial charge in [0.05, 0.1) is 11.3 Å². The van der Waals surface area contributed by atoms with E-state index in [1.165, 1.54) is 12.1 Å². The second-order valence-corrected chi connectivity index (χ2v) is 7.16. The molecule has 0 bridgehead atoms. The van der Waals surface area contributed by atoms with Crippen LogP contribution in [0, 0.1) is 10.1 Å². The predicted molar refractivity (Wildman–Crippen MR) is 115 cm³/mol. The Bertz CT molecular complexity index is 977. The number of rotatable bonds is 10. The fraction of sp³-hybridized carbons (Fsp3) is 0.208. The molecule has 0 aliphatic heterocycles. The van der Waals surface area contributed by atoms with Crippen molar-refractivity contribution < 1.29 is 14.8 Å². The Morgan fingerprint density at radius 2 is 1.57 bits per heavy atom. The van der Waals surface area contributed by atoms with E-state index in [2.05, 4.69) is 4.90 Å². The van der Waals surface area contributed by atoms with E-state index in [1.54, 1.807) is 12.1 Å². The number of nitro benzene ring substituents is 1. The van der Waals surface area contributed by atoms with Crippen LogP contribution in [0.1, 0.15) is 29.2 Å². The third-order valence-corrected chi connectivity index (χ3v) is 5.03. The van der Waals surface area contributed by atoms with Crippen molar-refractivity contribution in [3.8, 4) is 0 Å². The highest BCUT2D eigenvalue weighted by atomic mass is 16.6. The summed E-state index contributed by atoms with van der Waals surface area (Å²) in [5, 5.41) is 20.8. The van der Waals surface area contributed by atoms with Crippen LogP contribution in [0.3, 0.4) is 0 Å². The first-order valence-corrected chi connectivity index (χ1v) is 9.81. The smallest absolute Gasteiger partial charge is 0.305 e. The van der Waals surface area contributed by atoms with Gasteiger partial charge in [-0.2, -0.15) is 0 Å². The molecule has 0 saturated carbocycles. The minimum atomic E-state index is -0.940. The first-order chi connectivity index (χ1) is 14.5. The zero-order chi connectivity index (χ0) is 21.3. The van der Waals surface area contributed by atoms with Crippen molar-refractivity contribution in [2.75, 3.05) is 6.54 Å². The number of carboxylic acid groups (broad SMARTS) is 1. The van der Waals surface area contributed by atoms with Crippen LogP contribution in [0.25, 0.3) is 0 Å². The Kier molecular flexibility index (Phi) is 7.29. The molecule has 0 heterocycles. The van der Waals surface area contributed by atoms with Gasteiger partial charge in [0.15, 0.2) is 0 Å². The lowest BCUT2D eigenvalue weighted by molar-refractivity contribution is -0.385. The molecule has 0 fully saturated rings. The summed E-state index contributed by atoms with van der Waals surface area (Å²) in [6.07, 6.45) is 0.613. The van der Waals surface area contributed by atoms with Crippen LogP contribution in [0.5, 0.6) is 0 Å². The molecular weight excluding hydrogens is 380 g/mol. The Morgan fingerprint density at radius 1 is 0.933 bits per heavy atom. The molecule has 0 aliphatic carbocycles. The fourth-order valence-corrected chi connectivity index (χ4v) is 3.55. The first kappa shape index (κ1) is 21.2. The third kappa shape index (κ3) is 5.99. The normalized spacial score (nSPS) is 11.9. The average Bonchev–Trinajstić information content (AvgIpc) is 2.76. The van der Waals surface area contributed by atoms with Gasteiger partial charge in [-0.05, 0) is 23.1 Å². The Balaban J connectivity index is 1.93. The highest BCUT2D eigenvalue weighted by Crippen LogP contribution is 2.29. The maximum Gasteiger partial charge on any atom is 0.305 e. The Hall–Kier alpha value is -3.51. The SMILES string of the molecule is O=C(O)CC(c1cccc([N+](=O)[O-])c1)N(CCc1ccccc1)Cc1ccccc1. The minimum absolute atomic E-state index is 0.0365. The quantitative estimate of drug-likeness (QED) is 0.385. The number of nitrogens with zero attached hydrogens (tertiary/aromatic N) is 2. The van der Waals surface area contributed by atoms with E-state index in [-0.39, 0.29) is 12.1 Å². The van der Waals surface area contributed by atoms with Gasteiger partial charge in [0.1, 0.15) is 0 Å². The van der Waals surface area contributed by atoms with E-state index in [0.29, 0.717) is 18.7 Å². The van der Waals surface area contributed by atoms with Gasteiger partial charge in [-0.25, -0.2) is 0 Å². The highest BCUT2D eigenvalue weighted by molar-refractivity contribution is 5.68. The van der Waals surface area contributed by atoms with Crippen molar-refractivity contribution in [2.24, 2.45) is 0 Å². The molecule has 0 radical (unpaired) electrons. The molecule has 0 amide bonds. The van der Waals surface area contributed by atoms with Gasteiger partial charge in [0, 0.05) is 31.3 Å². The molecule has 0 aliphatic rings. The molecule has 6 nitrogen and oxygen atoms in total. The number of aliphatic carboxylic acids is 1. The standard InChI is InChI=1S/C24H24N2O4/c27-24(28)17-23(21-12-7-13-22(16-21)26(29)30)25(18-20-10-5-2-6-11-20)15-14-19-8-3-1-4-9-19/h1-13,16,23H,14-15,17-18H2,(H,27,28). The maximum atomic E-state index is 11.7. The number of benzene rings is 3. The molecule has 1 unspecified atom stereocenters. The number of hydrogen-bond acceptors (Lipinski definition) is 4. The summed E-state index contributed by atoms with van der Waals surface area (Å²) in [7, 11) is 0. The summed E-state index contributed by atoms with van der Waals surface area (Å²) < 4.78 is 0. The highest BCUT2D eigenvalue weighted by Gasteiger charge is 2.25. The van der Waals surface area contributed by atoms with Gasteiger partial charge < -0.3 is 5.11 Å². The van der Waals surface area contributed by atoms with Gasteiger partial charge in [-0.15, -0.1) is 0 Å². The molecule has 0 spiro atoms. The molecule has 1 N–H and O–H groups in total. The van der Waals surface area contributed by atoms with Gasteiger partial charge in [-0.1, -0.05) is 72.8 Å². The van der Waals surface area contributed by atoms with E-state index in [4.69, 9.17) is 0 Å². The number of nitro groups is 1. The number of carboxylic acids is 1. The van der Waals surface area contributed by atoms with Crippen LogP contribution in [0.4, 0.5) is 5.69 Å². The first-order valence-electron chi connectivity index (χ1n) is 9.81. The van der Waals surface area contributed by atoms with Crippen LogP contribution >= 0.6 is 0 Å². The lowest BCUT2D eigenvalue weighted by Gasteiger charge is -2.31. The predicted octanol–water partition coefficient (Wildman–Crippen LogP) is 4.86. The summed E-state index contributed by atoms with van der Waals surface area (Å²) >= 11 is 0. The second kappa shape index (κ2) is 10.3. The fourth-order valence-electron chi connectivity index (χ4n) is 3.55. The van der Waals surface area contributed by atoms with E-state index < -0.39 is 16.9 Å².